The van der Waals surface area contributed by atoms with Gasteiger partial charge in [-0.05, 0) is 23.1 Å². The predicted octanol–water partition coefficient (Wildman–Crippen LogP) is 3.33. The summed E-state index contributed by atoms with van der Waals surface area (Å²) in [7, 11) is 0. The molecule has 0 unspecified atom stereocenters. The highest BCUT2D eigenvalue weighted by Crippen LogP contribution is 2.19. The Labute approximate surface area is 81.6 Å². The topological polar surface area (TPSA) is 9.23 Å². The first-order valence-corrected chi connectivity index (χ1v) is 5.03. The standard InChI is InChI=1S/C11H10OS/c1-2-5-10(6-3-1)9-12-11-7-4-8-13-11/h1-8H,9H2. The van der Waals surface area contributed by atoms with Gasteiger partial charge in [0.1, 0.15) is 6.61 Å². The van der Waals surface area contributed by atoms with Crippen LogP contribution in [0.25, 0.3) is 0 Å². The molecule has 2 rings (SSSR count). The third-order valence-electron chi connectivity index (χ3n) is 1.72. The Hall–Kier alpha value is -1.28. The fraction of sp³-hybridized carbons (Fsp3) is 0.0909. The van der Waals surface area contributed by atoms with Gasteiger partial charge in [-0.1, -0.05) is 30.3 Å². The van der Waals surface area contributed by atoms with E-state index in [2.05, 4.69) is 12.1 Å². The highest BCUT2D eigenvalue weighted by Gasteiger charge is 1.94. The van der Waals surface area contributed by atoms with E-state index >= 15 is 0 Å². The summed E-state index contributed by atoms with van der Waals surface area (Å²) in [6.07, 6.45) is 0. The summed E-state index contributed by atoms with van der Waals surface area (Å²) in [6, 6.07) is 14.1. The molecule has 0 aliphatic heterocycles. The van der Waals surface area contributed by atoms with Crippen LogP contribution < -0.4 is 4.74 Å². The average molecular weight is 190 g/mol. The van der Waals surface area contributed by atoms with Crippen molar-refractivity contribution in [3.05, 3.63) is 53.4 Å². The molecule has 2 aromatic rings. The number of rotatable bonds is 3. The highest BCUT2D eigenvalue weighted by atomic mass is 32.1. The molecule has 0 saturated carbocycles. The van der Waals surface area contributed by atoms with Gasteiger partial charge in [0.2, 0.25) is 0 Å². The van der Waals surface area contributed by atoms with Crippen LogP contribution in [0.15, 0.2) is 47.8 Å². The molecule has 0 amide bonds. The van der Waals surface area contributed by atoms with E-state index in [1.807, 2.05) is 35.7 Å². The molecular formula is C11H10OS. The third-order valence-corrected chi connectivity index (χ3v) is 2.50. The minimum absolute atomic E-state index is 0.654. The molecule has 2 heteroatoms. The van der Waals surface area contributed by atoms with E-state index in [4.69, 9.17) is 4.74 Å². The summed E-state index contributed by atoms with van der Waals surface area (Å²) in [5, 5.41) is 2.99. The quantitative estimate of drug-likeness (QED) is 0.721. The molecule has 1 aromatic heterocycles. The molecule has 13 heavy (non-hydrogen) atoms. The van der Waals surface area contributed by atoms with Gasteiger partial charge < -0.3 is 4.74 Å². The molecule has 66 valence electrons. The fourth-order valence-corrected chi connectivity index (χ4v) is 1.65. The van der Waals surface area contributed by atoms with Gasteiger partial charge in [0.25, 0.3) is 0 Å². The number of hydrogen-bond acceptors (Lipinski definition) is 2. The Morgan fingerprint density at radius 1 is 1.00 bits per heavy atom. The monoisotopic (exact) mass is 190 g/mol. The Balaban J connectivity index is 1.94. The van der Waals surface area contributed by atoms with Gasteiger partial charge in [0, 0.05) is 0 Å². The van der Waals surface area contributed by atoms with Gasteiger partial charge >= 0.3 is 0 Å². The van der Waals surface area contributed by atoms with E-state index < -0.39 is 0 Å². The maximum atomic E-state index is 5.55. The normalized spacial score (nSPS) is 9.85. The molecule has 0 bridgehead atoms. The van der Waals surface area contributed by atoms with E-state index in [0.29, 0.717) is 6.61 Å². The van der Waals surface area contributed by atoms with Crippen molar-refractivity contribution in [2.24, 2.45) is 0 Å². The molecule has 0 atom stereocenters. The Bertz CT molecular complexity index is 340. The van der Waals surface area contributed by atoms with Crippen molar-refractivity contribution in [2.45, 2.75) is 6.61 Å². The zero-order valence-corrected chi connectivity index (χ0v) is 7.96. The average Bonchev–Trinajstić information content (AvgIpc) is 2.69. The molecule has 0 radical (unpaired) electrons. The van der Waals surface area contributed by atoms with Gasteiger partial charge in [-0.15, -0.1) is 11.3 Å². The molecular weight excluding hydrogens is 180 g/mol. The summed E-state index contributed by atoms with van der Waals surface area (Å²) in [4.78, 5) is 0. The summed E-state index contributed by atoms with van der Waals surface area (Å²) in [6.45, 7) is 0.654. The zero-order valence-electron chi connectivity index (χ0n) is 7.14. The first-order chi connectivity index (χ1) is 6.45. The van der Waals surface area contributed by atoms with Crippen molar-refractivity contribution in [1.82, 2.24) is 0 Å². The molecule has 0 spiro atoms. The third kappa shape index (κ3) is 2.33. The van der Waals surface area contributed by atoms with Crippen LogP contribution in [0.1, 0.15) is 5.56 Å². The molecule has 1 aromatic carbocycles. The van der Waals surface area contributed by atoms with Gasteiger partial charge in [0.15, 0.2) is 5.06 Å². The first kappa shape index (κ1) is 8.32. The summed E-state index contributed by atoms with van der Waals surface area (Å²) in [5.41, 5.74) is 1.20. The molecule has 0 aliphatic carbocycles. The summed E-state index contributed by atoms with van der Waals surface area (Å²) < 4.78 is 5.55. The van der Waals surface area contributed by atoms with Crippen molar-refractivity contribution in [2.75, 3.05) is 0 Å². The largest absolute Gasteiger partial charge is 0.479 e. The lowest BCUT2D eigenvalue weighted by Crippen LogP contribution is -1.92. The Morgan fingerprint density at radius 3 is 2.54 bits per heavy atom. The Kier molecular flexibility index (Phi) is 2.62. The van der Waals surface area contributed by atoms with E-state index in [1.165, 1.54) is 5.56 Å². The second-order valence-electron chi connectivity index (χ2n) is 2.71. The van der Waals surface area contributed by atoms with Crippen molar-refractivity contribution >= 4 is 11.3 Å². The first-order valence-electron chi connectivity index (χ1n) is 4.15. The van der Waals surface area contributed by atoms with Crippen LogP contribution in [0.4, 0.5) is 0 Å². The highest BCUT2D eigenvalue weighted by molar-refractivity contribution is 7.11. The van der Waals surface area contributed by atoms with Crippen molar-refractivity contribution in [3.8, 4) is 5.06 Å². The number of hydrogen-bond donors (Lipinski definition) is 0. The van der Waals surface area contributed by atoms with Crippen LogP contribution >= 0.6 is 11.3 Å². The van der Waals surface area contributed by atoms with E-state index in [1.54, 1.807) is 11.3 Å². The lowest BCUT2D eigenvalue weighted by atomic mass is 10.2. The molecule has 0 saturated heterocycles. The lowest BCUT2D eigenvalue weighted by molar-refractivity contribution is 0.315. The van der Waals surface area contributed by atoms with Crippen LogP contribution in [-0.4, -0.2) is 0 Å². The minimum atomic E-state index is 0.654. The fourth-order valence-electron chi connectivity index (χ4n) is 1.07. The van der Waals surface area contributed by atoms with Gasteiger partial charge in [-0.2, -0.15) is 0 Å². The van der Waals surface area contributed by atoms with Gasteiger partial charge in [0.05, 0.1) is 0 Å². The van der Waals surface area contributed by atoms with Crippen LogP contribution in [0.5, 0.6) is 5.06 Å². The van der Waals surface area contributed by atoms with E-state index in [0.717, 1.165) is 5.06 Å². The van der Waals surface area contributed by atoms with Crippen LogP contribution in [0.3, 0.4) is 0 Å². The number of thiophene rings is 1. The maximum Gasteiger partial charge on any atom is 0.174 e. The second kappa shape index (κ2) is 4.10. The zero-order chi connectivity index (χ0) is 8.93. The number of benzene rings is 1. The number of ether oxygens (including phenoxy) is 1. The van der Waals surface area contributed by atoms with Crippen LogP contribution in [-0.2, 0) is 6.61 Å². The predicted molar refractivity (Wildman–Crippen MR) is 55.1 cm³/mol. The van der Waals surface area contributed by atoms with Crippen molar-refractivity contribution in [3.63, 3.8) is 0 Å². The molecule has 0 aliphatic rings. The molecule has 0 fully saturated rings. The van der Waals surface area contributed by atoms with Crippen LogP contribution in [0.2, 0.25) is 0 Å². The second-order valence-corrected chi connectivity index (χ2v) is 3.62. The SMILES string of the molecule is c1ccc(COc2cccs2)cc1. The van der Waals surface area contributed by atoms with Gasteiger partial charge in [-0.25, -0.2) is 0 Å². The smallest absolute Gasteiger partial charge is 0.174 e. The van der Waals surface area contributed by atoms with Gasteiger partial charge in [-0.3, -0.25) is 0 Å². The summed E-state index contributed by atoms with van der Waals surface area (Å²) >= 11 is 1.62. The van der Waals surface area contributed by atoms with E-state index in [-0.39, 0.29) is 0 Å². The molecule has 1 nitrogen and oxygen atoms in total. The summed E-state index contributed by atoms with van der Waals surface area (Å²) in [5.74, 6) is 0. The lowest BCUT2D eigenvalue weighted by Gasteiger charge is -2.02. The van der Waals surface area contributed by atoms with Crippen molar-refractivity contribution in [1.29, 1.82) is 0 Å². The minimum Gasteiger partial charge on any atom is -0.479 e. The Morgan fingerprint density at radius 2 is 1.85 bits per heavy atom. The van der Waals surface area contributed by atoms with E-state index in [9.17, 15) is 0 Å². The van der Waals surface area contributed by atoms with Crippen molar-refractivity contribution < 1.29 is 4.74 Å². The maximum absolute atomic E-state index is 5.55. The van der Waals surface area contributed by atoms with Crippen LogP contribution in [0, 0.1) is 0 Å². The molecule has 0 N–H and O–H groups in total. The molecule has 1 heterocycles.